The van der Waals surface area contributed by atoms with E-state index in [0.717, 1.165) is 83.5 Å². The minimum atomic E-state index is -4.36. The van der Waals surface area contributed by atoms with Crippen molar-refractivity contribution >= 4 is 13.7 Å². The van der Waals surface area contributed by atoms with E-state index in [2.05, 4.69) is 116 Å². The molecule has 0 rings (SSSR count). The van der Waals surface area contributed by atoms with Crippen molar-refractivity contribution in [1.82, 2.24) is 5.32 Å². The van der Waals surface area contributed by atoms with Gasteiger partial charge in [-0.05, 0) is 89.9 Å². The maximum atomic E-state index is 13.0. The van der Waals surface area contributed by atoms with Gasteiger partial charge in [0.05, 0.1) is 39.9 Å². The van der Waals surface area contributed by atoms with E-state index in [0.29, 0.717) is 17.4 Å². The van der Waals surface area contributed by atoms with Crippen molar-refractivity contribution in [2.45, 2.75) is 283 Å². The summed E-state index contributed by atoms with van der Waals surface area (Å²) in [6, 6.07) is -0.868. The molecule has 1 amide bonds. The molecule has 0 heterocycles. The summed E-state index contributed by atoms with van der Waals surface area (Å²) in [6.07, 6.45) is 86.5. The molecule has 3 N–H and O–H groups in total. The van der Waals surface area contributed by atoms with Gasteiger partial charge >= 0.3 is 7.82 Å². The summed E-state index contributed by atoms with van der Waals surface area (Å²) in [5.41, 5.74) is 0. The van der Waals surface area contributed by atoms with Gasteiger partial charge in [-0.1, -0.05) is 284 Å². The fourth-order valence-corrected chi connectivity index (χ4v) is 9.72. The maximum Gasteiger partial charge on any atom is 0.472 e. The van der Waals surface area contributed by atoms with Crippen LogP contribution in [0.25, 0.3) is 0 Å². The summed E-state index contributed by atoms with van der Waals surface area (Å²) in [7, 11) is 1.55. The fraction of sp³-hybridized carbons (Fsp3) is 0.725. The summed E-state index contributed by atoms with van der Waals surface area (Å²) in [6.45, 7) is 4.69. The van der Waals surface area contributed by atoms with E-state index in [4.69, 9.17) is 9.05 Å². The van der Waals surface area contributed by atoms with Gasteiger partial charge in [-0.2, -0.15) is 0 Å². The van der Waals surface area contributed by atoms with Crippen LogP contribution in [0.2, 0.25) is 0 Å². The van der Waals surface area contributed by atoms with Gasteiger partial charge in [-0.3, -0.25) is 13.8 Å². The summed E-state index contributed by atoms with van der Waals surface area (Å²) in [4.78, 5) is 23.3. The van der Waals surface area contributed by atoms with Crippen molar-refractivity contribution in [2.24, 2.45) is 0 Å². The number of hydrogen-bond donors (Lipinski definition) is 3. The van der Waals surface area contributed by atoms with Crippen LogP contribution in [0.3, 0.4) is 0 Å². The van der Waals surface area contributed by atoms with Crippen molar-refractivity contribution in [2.75, 3.05) is 40.9 Å². The molecule has 0 aliphatic heterocycles. The van der Waals surface area contributed by atoms with Crippen LogP contribution in [0, 0.1) is 0 Å². The summed E-state index contributed by atoms with van der Waals surface area (Å²) >= 11 is 0. The second kappa shape index (κ2) is 58.8. The number of allylic oxidation sites excluding steroid dienone is 17. The molecule has 0 aliphatic carbocycles. The lowest BCUT2D eigenvalue weighted by Gasteiger charge is -2.25. The van der Waals surface area contributed by atoms with Crippen LogP contribution in [0.5, 0.6) is 0 Å². The number of phosphoric ester groups is 1. The van der Waals surface area contributed by atoms with Gasteiger partial charge < -0.3 is 19.8 Å². The summed E-state index contributed by atoms with van der Waals surface area (Å²) in [5, 5.41) is 13.9. The van der Waals surface area contributed by atoms with Gasteiger partial charge in [-0.15, -0.1) is 0 Å². The molecular formula is C69H124N2O6P+. The first kappa shape index (κ1) is 75.2. The minimum Gasteiger partial charge on any atom is -0.387 e. The second-order valence-electron chi connectivity index (χ2n) is 22.7. The lowest BCUT2D eigenvalue weighted by atomic mass is 10.0. The lowest BCUT2D eigenvalue weighted by Crippen LogP contribution is -2.45. The molecule has 0 aliphatic rings. The Balaban J connectivity index is 4.04. The predicted octanol–water partition coefficient (Wildman–Crippen LogP) is 20.3. The van der Waals surface area contributed by atoms with Gasteiger partial charge in [0.25, 0.3) is 0 Å². The van der Waals surface area contributed by atoms with Crippen LogP contribution in [0.1, 0.15) is 271 Å². The molecule has 8 nitrogen and oxygen atoms in total. The molecule has 9 heteroatoms. The number of rotatable bonds is 58. The SMILES string of the molecule is CC/C=C\C/C=C\C/C=C\C/C=C\C/C=C\C/C=C\C/C=C\CCCCCCCCCCCCCCCCCCCC(=O)NC(COP(=O)(O)OCC[N+](C)(C)C)C(O)/C=C/CC/C=C/CCCCCCCCCCCCC. The number of likely N-dealkylation sites (N-methyl/N-ethyl adjacent to an activating group) is 1. The Morgan fingerprint density at radius 2 is 0.782 bits per heavy atom. The van der Waals surface area contributed by atoms with Crippen LogP contribution < -0.4 is 5.32 Å². The Labute approximate surface area is 482 Å². The number of amides is 1. The highest BCUT2D eigenvalue weighted by Gasteiger charge is 2.27. The van der Waals surface area contributed by atoms with Crippen LogP contribution in [-0.2, 0) is 18.4 Å². The molecular weight excluding hydrogens is 984 g/mol. The molecule has 0 fully saturated rings. The lowest BCUT2D eigenvalue weighted by molar-refractivity contribution is -0.870. The number of aliphatic hydroxyl groups is 1. The molecule has 3 unspecified atom stereocenters. The Hall–Kier alpha value is -2.84. The van der Waals surface area contributed by atoms with Crippen LogP contribution in [-0.4, -0.2) is 73.4 Å². The molecule has 0 saturated carbocycles. The number of carbonyl (C=O) groups excluding carboxylic acids is 1. The maximum absolute atomic E-state index is 13.0. The first-order valence-corrected chi connectivity index (χ1v) is 33.8. The van der Waals surface area contributed by atoms with Crippen LogP contribution in [0.4, 0.5) is 0 Å². The average molecular weight is 1110 g/mol. The van der Waals surface area contributed by atoms with Crippen LogP contribution >= 0.6 is 7.82 Å². The van der Waals surface area contributed by atoms with E-state index >= 15 is 0 Å². The molecule has 0 bridgehead atoms. The third-order valence-electron chi connectivity index (χ3n) is 14.0. The zero-order chi connectivity index (χ0) is 57.0. The highest BCUT2D eigenvalue weighted by molar-refractivity contribution is 7.47. The van der Waals surface area contributed by atoms with Crippen LogP contribution in [0.15, 0.2) is 109 Å². The Morgan fingerprint density at radius 3 is 1.18 bits per heavy atom. The highest BCUT2D eigenvalue weighted by Crippen LogP contribution is 2.43. The third kappa shape index (κ3) is 60.8. The number of nitrogens with zero attached hydrogens (tertiary/aromatic N) is 1. The van der Waals surface area contributed by atoms with Gasteiger partial charge in [0.1, 0.15) is 13.2 Å². The van der Waals surface area contributed by atoms with Gasteiger partial charge in [-0.25, -0.2) is 4.57 Å². The molecule has 450 valence electrons. The molecule has 0 saturated heterocycles. The molecule has 0 spiro atoms. The molecule has 78 heavy (non-hydrogen) atoms. The Bertz CT molecular complexity index is 1640. The topological polar surface area (TPSA) is 105 Å². The Morgan fingerprint density at radius 1 is 0.449 bits per heavy atom. The molecule has 0 aromatic carbocycles. The monoisotopic (exact) mass is 1110 g/mol. The van der Waals surface area contributed by atoms with Crippen molar-refractivity contribution < 1.29 is 32.9 Å². The predicted molar refractivity (Wildman–Crippen MR) is 341 cm³/mol. The summed E-state index contributed by atoms with van der Waals surface area (Å²) in [5.74, 6) is -0.188. The van der Waals surface area contributed by atoms with E-state index in [9.17, 15) is 19.4 Å². The van der Waals surface area contributed by atoms with Crippen molar-refractivity contribution in [3.63, 3.8) is 0 Å². The Kier molecular flexibility index (Phi) is 56.7. The number of carbonyl (C=O) groups is 1. The van der Waals surface area contributed by atoms with Crippen molar-refractivity contribution in [1.29, 1.82) is 0 Å². The molecule has 0 aromatic rings. The van der Waals surface area contributed by atoms with E-state index in [1.54, 1.807) is 6.08 Å². The van der Waals surface area contributed by atoms with E-state index in [1.165, 1.54) is 167 Å². The quantitative estimate of drug-likeness (QED) is 0.0243. The number of unbranched alkanes of at least 4 members (excludes halogenated alkanes) is 29. The smallest absolute Gasteiger partial charge is 0.387 e. The zero-order valence-electron chi connectivity index (χ0n) is 51.4. The number of phosphoric acid groups is 1. The van der Waals surface area contributed by atoms with E-state index in [1.807, 2.05) is 27.2 Å². The van der Waals surface area contributed by atoms with E-state index in [-0.39, 0.29) is 19.1 Å². The highest BCUT2D eigenvalue weighted by atomic mass is 31.2. The largest absolute Gasteiger partial charge is 0.472 e. The first-order valence-electron chi connectivity index (χ1n) is 32.3. The molecule has 0 aromatic heterocycles. The van der Waals surface area contributed by atoms with Gasteiger partial charge in [0, 0.05) is 6.42 Å². The van der Waals surface area contributed by atoms with Crippen molar-refractivity contribution in [3.8, 4) is 0 Å². The molecule has 0 radical (unpaired) electrons. The van der Waals surface area contributed by atoms with Gasteiger partial charge in [0.2, 0.25) is 5.91 Å². The fourth-order valence-electron chi connectivity index (χ4n) is 8.98. The first-order chi connectivity index (χ1) is 38.0. The normalized spacial score (nSPS) is 14.5. The summed E-state index contributed by atoms with van der Waals surface area (Å²) < 4.78 is 23.7. The minimum absolute atomic E-state index is 0.0535. The van der Waals surface area contributed by atoms with E-state index < -0.39 is 20.0 Å². The second-order valence-corrected chi connectivity index (χ2v) is 24.2. The zero-order valence-corrected chi connectivity index (χ0v) is 52.3. The standard InChI is InChI=1S/C69H123N2O6P/c1-6-8-10-12-14-16-18-20-22-24-25-26-27-28-29-30-31-32-33-34-35-36-37-38-39-40-41-42-43-44-45-47-49-51-53-55-57-59-61-63-69(73)70-67(66-77-78(74,75)76-65-64-71(3,4)5)68(72)62-60-58-56-54-52-50-48-46-23-21-19-17-15-13-11-9-7-2/h8,10,14,16,20,22,25-26,28-29,31-32,34-35,52,54,60,62,67-68,72H,6-7,9,11-13,15,17-19,21,23-24,27,30,33,36-51,53,55-59,61,63-66H2,1-5H3,(H-,70,73,74,75)/p+1/b10-8-,16-14-,22-20-,26-25-,29-28-,32-31-,35-34-,54-52+,62-60+. The third-order valence-corrected chi connectivity index (χ3v) is 15.0. The number of nitrogens with one attached hydrogen (secondary N) is 1. The molecule has 3 atom stereocenters. The average Bonchev–Trinajstić information content (AvgIpc) is 3.40. The number of quaternary nitrogens is 1. The van der Waals surface area contributed by atoms with Crippen molar-refractivity contribution in [3.05, 3.63) is 109 Å². The van der Waals surface area contributed by atoms with Gasteiger partial charge in [0.15, 0.2) is 0 Å². The number of aliphatic hydroxyl groups excluding tert-OH is 1. The number of hydrogen-bond acceptors (Lipinski definition) is 5.